The van der Waals surface area contributed by atoms with Crippen LogP contribution in [0.5, 0.6) is 0 Å². The van der Waals surface area contributed by atoms with Crippen LogP contribution in [0.2, 0.25) is 0 Å². The number of rotatable bonds is 5. The van der Waals surface area contributed by atoms with Gasteiger partial charge in [-0.3, -0.25) is 4.79 Å². The molecule has 0 aromatic carbocycles. The predicted molar refractivity (Wildman–Crippen MR) is 76.5 cm³/mol. The molecule has 1 amide bonds. The predicted octanol–water partition coefficient (Wildman–Crippen LogP) is 3.04. The summed E-state index contributed by atoms with van der Waals surface area (Å²) in [6.07, 6.45) is 2.35. The molecule has 0 aliphatic heterocycles. The second kappa shape index (κ2) is 6.02. The fourth-order valence-corrected chi connectivity index (χ4v) is 2.77. The van der Waals surface area contributed by atoms with E-state index in [1.165, 1.54) is 0 Å². The SMILES string of the molecule is CC(C)C(CNC(=O)OC(C)(C)C)(C(=O)O)C1CCC1. The van der Waals surface area contributed by atoms with Gasteiger partial charge in [0.15, 0.2) is 0 Å². The topological polar surface area (TPSA) is 75.6 Å². The third-order valence-corrected chi connectivity index (χ3v) is 4.19. The number of carbonyl (C=O) groups is 2. The van der Waals surface area contributed by atoms with Gasteiger partial charge in [-0.25, -0.2) is 4.79 Å². The van der Waals surface area contributed by atoms with Crippen molar-refractivity contribution in [2.45, 2.75) is 59.5 Å². The third-order valence-electron chi connectivity index (χ3n) is 4.19. The van der Waals surface area contributed by atoms with Crippen molar-refractivity contribution in [3.05, 3.63) is 0 Å². The maximum absolute atomic E-state index is 11.8. The first-order chi connectivity index (χ1) is 9.09. The molecule has 0 radical (unpaired) electrons. The Balaban J connectivity index is 2.75. The van der Waals surface area contributed by atoms with Crippen molar-refractivity contribution < 1.29 is 19.4 Å². The Morgan fingerprint density at radius 2 is 1.85 bits per heavy atom. The molecular formula is C15H27NO4. The molecular weight excluding hydrogens is 258 g/mol. The average Bonchev–Trinajstić information content (AvgIpc) is 2.17. The van der Waals surface area contributed by atoms with E-state index in [9.17, 15) is 14.7 Å². The van der Waals surface area contributed by atoms with Gasteiger partial charge in [0, 0.05) is 6.54 Å². The van der Waals surface area contributed by atoms with Crippen molar-refractivity contribution in [1.29, 1.82) is 0 Å². The second-order valence-electron chi connectivity index (χ2n) is 6.98. The molecule has 116 valence electrons. The minimum Gasteiger partial charge on any atom is -0.481 e. The van der Waals surface area contributed by atoms with Crippen molar-refractivity contribution in [2.24, 2.45) is 17.3 Å². The molecule has 1 atom stereocenters. The molecule has 5 nitrogen and oxygen atoms in total. The molecule has 1 fully saturated rings. The van der Waals surface area contributed by atoms with Gasteiger partial charge >= 0.3 is 12.1 Å². The summed E-state index contributed by atoms with van der Waals surface area (Å²) < 4.78 is 5.18. The zero-order valence-electron chi connectivity index (χ0n) is 13.2. The molecule has 0 aromatic heterocycles. The van der Waals surface area contributed by atoms with Crippen molar-refractivity contribution in [3.8, 4) is 0 Å². The Kier molecular flexibility index (Phi) is 5.05. The fourth-order valence-electron chi connectivity index (χ4n) is 2.77. The van der Waals surface area contributed by atoms with Crippen LogP contribution in [0.15, 0.2) is 0 Å². The van der Waals surface area contributed by atoms with Gasteiger partial charge in [0.1, 0.15) is 5.60 Å². The molecule has 1 aliphatic carbocycles. The van der Waals surface area contributed by atoms with Gasteiger partial charge in [-0.2, -0.15) is 0 Å². The Labute approximate surface area is 121 Å². The monoisotopic (exact) mass is 285 g/mol. The lowest BCUT2D eigenvalue weighted by atomic mass is 9.60. The Morgan fingerprint density at radius 1 is 1.30 bits per heavy atom. The van der Waals surface area contributed by atoms with Crippen molar-refractivity contribution >= 4 is 12.1 Å². The average molecular weight is 285 g/mol. The maximum Gasteiger partial charge on any atom is 0.407 e. The number of aliphatic carboxylic acids is 1. The number of alkyl carbamates (subject to hydrolysis) is 1. The Bertz CT molecular complexity index is 369. The van der Waals surface area contributed by atoms with E-state index in [0.717, 1.165) is 19.3 Å². The summed E-state index contributed by atoms with van der Waals surface area (Å²) in [4.78, 5) is 23.6. The van der Waals surface area contributed by atoms with Crippen molar-refractivity contribution in [3.63, 3.8) is 0 Å². The van der Waals surface area contributed by atoms with E-state index in [1.54, 1.807) is 20.8 Å². The van der Waals surface area contributed by atoms with Crippen LogP contribution in [-0.4, -0.2) is 29.3 Å². The number of hydrogen-bond acceptors (Lipinski definition) is 3. The number of carboxylic acids is 1. The smallest absolute Gasteiger partial charge is 0.407 e. The molecule has 1 saturated carbocycles. The summed E-state index contributed by atoms with van der Waals surface area (Å²) in [6, 6.07) is 0. The van der Waals surface area contributed by atoms with Crippen molar-refractivity contribution in [2.75, 3.05) is 6.54 Å². The lowest BCUT2D eigenvalue weighted by molar-refractivity contribution is -0.159. The zero-order valence-corrected chi connectivity index (χ0v) is 13.2. The van der Waals surface area contributed by atoms with Crippen LogP contribution >= 0.6 is 0 Å². The summed E-state index contributed by atoms with van der Waals surface area (Å²) in [5.41, 5.74) is -1.47. The summed E-state index contributed by atoms with van der Waals surface area (Å²) >= 11 is 0. The largest absolute Gasteiger partial charge is 0.481 e. The zero-order chi connectivity index (χ0) is 15.6. The molecule has 0 aromatic rings. The van der Waals surface area contributed by atoms with Crippen molar-refractivity contribution in [1.82, 2.24) is 5.32 Å². The van der Waals surface area contributed by atoms with Crippen LogP contribution in [0.1, 0.15) is 53.9 Å². The maximum atomic E-state index is 11.8. The highest BCUT2D eigenvalue weighted by molar-refractivity contribution is 5.77. The van der Waals surface area contributed by atoms with Crippen LogP contribution in [0, 0.1) is 17.3 Å². The van der Waals surface area contributed by atoms with Gasteiger partial charge < -0.3 is 15.2 Å². The molecule has 1 aliphatic rings. The van der Waals surface area contributed by atoms with E-state index in [2.05, 4.69) is 5.32 Å². The molecule has 0 heterocycles. The van der Waals surface area contributed by atoms with Crippen LogP contribution < -0.4 is 5.32 Å². The standard InChI is InChI=1S/C15H27NO4/c1-10(2)15(12(17)18,11-7-6-8-11)9-16-13(19)20-14(3,4)5/h10-11H,6-9H2,1-5H3,(H,16,19)(H,17,18). The number of carbonyl (C=O) groups excluding carboxylic acids is 1. The van der Waals surface area contributed by atoms with E-state index in [1.807, 2.05) is 13.8 Å². The minimum absolute atomic E-state index is 0.0414. The molecule has 5 heteroatoms. The highest BCUT2D eigenvalue weighted by Crippen LogP contribution is 2.46. The number of ether oxygens (including phenoxy) is 1. The third kappa shape index (κ3) is 3.64. The quantitative estimate of drug-likeness (QED) is 0.814. The lowest BCUT2D eigenvalue weighted by Gasteiger charge is -2.45. The first kappa shape index (κ1) is 16.8. The molecule has 20 heavy (non-hydrogen) atoms. The van der Waals surface area contributed by atoms with E-state index < -0.39 is 23.1 Å². The lowest BCUT2D eigenvalue weighted by Crippen LogP contribution is -2.53. The summed E-state index contributed by atoms with van der Waals surface area (Å²) in [5.74, 6) is -0.733. The highest BCUT2D eigenvalue weighted by atomic mass is 16.6. The second-order valence-corrected chi connectivity index (χ2v) is 6.98. The summed E-state index contributed by atoms with van der Waals surface area (Å²) in [7, 11) is 0. The van der Waals surface area contributed by atoms with Gasteiger partial charge in [0.25, 0.3) is 0 Å². The van der Waals surface area contributed by atoms with Gasteiger partial charge in [-0.1, -0.05) is 20.3 Å². The van der Waals surface area contributed by atoms with Gasteiger partial charge in [0.05, 0.1) is 5.41 Å². The van der Waals surface area contributed by atoms with Gasteiger partial charge in [0.2, 0.25) is 0 Å². The Morgan fingerprint density at radius 3 is 2.15 bits per heavy atom. The van der Waals surface area contributed by atoms with Crippen LogP contribution in [-0.2, 0) is 9.53 Å². The molecule has 2 N–H and O–H groups in total. The van der Waals surface area contributed by atoms with E-state index >= 15 is 0 Å². The molecule has 1 unspecified atom stereocenters. The first-order valence-corrected chi connectivity index (χ1v) is 7.30. The molecule has 0 spiro atoms. The number of nitrogens with one attached hydrogen (secondary N) is 1. The first-order valence-electron chi connectivity index (χ1n) is 7.30. The minimum atomic E-state index is -0.894. The molecule has 0 bridgehead atoms. The number of carboxylic acid groups (broad SMARTS) is 1. The number of hydrogen-bond donors (Lipinski definition) is 2. The van der Waals surface area contributed by atoms with Crippen LogP contribution in [0.3, 0.4) is 0 Å². The highest BCUT2D eigenvalue weighted by Gasteiger charge is 2.50. The van der Waals surface area contributed by atoms with E-state index in [0.29, 0.717) is 0 Å². The molecule has 1 rings (SSSR count). The fraction of sp³-hybridized carbons (Fsp3) is 0.867. The number of amides is 1. The van der Waals surface area contributed by atoms with E-state index in [4.69, 9.17) is 4.74 Å². The van der Waals surface area contributed by atoms with E-state index in [-0.39, 0.29) is 18.4 Å². The summed E-state index contributed by atoms with van der Waals surface area (Å²) in [5, 5.41) is 12.3. The molecule has 0 saturated heterocycles. The van der Waals surface area contributed by atoms with Crippen LogP contribution in [0.4, 0.5) is 4.79 Å². The normalized spacial score (nSPS) is 19.1. The summed E-state index contributed by atoms with van der Waals surface area (Å²) in [6.45, 7) is 9.29. The Hall–Kier alpha value is -1.26. The van der Waals surface area contributed by atoms with Gasteiger partial charge in [-0.05, 0) is 45.4 Å². The van der Waals surface area contributed by atoms with Gasteiger partial charge in [-0.15, -0.1) is 0 Å². The van der Waals surface area contributed by atoms with Crippen LogP contribution in [0.25, 0.3) is 0 Å².